The van der Waals surface area contributed by atoms with Crippen molar-refractivity contribution in [1.29, 1.82) is 0 Å². The number of nitrogens with one attached hydrogen (secondary N) is 2. The Morgan fingerprint density at radius 3 is 2.42 bits per heavy atom. The summed E-state index contributed by atoms with van der Waals surface area (Å²) in [6.45, 7) is 0.149. The number of aromatic nitrogens is 1. The lowest BCUT2D eigenvalue weighted by molar-refractivity contribution is -0.127. The number of hydrogen-bond acceptors (Lipinski definition) is 3. The maximum absolute atomic E-state index is 14.2. The van der Waals surface area contributed by atoms with Crippen LogP contribution in [-0.2, 0) is 11.3 Å². The minimum absolute atomic E-state index is 0.0492. The van der Waals surface area contributed by atoms with Crippen LogP contribution in [0.2, 0.25) is 0 Å². The van der Waals surface area contributed by atoms with E-state index in [9.17, 15) is 14.0 Å². The topological polar surface area (TPSA) is 74.4 Å². The highest BCUT2D eigenvalue weighted by Crippen LogP contribution is 2.29. The zero-order valence-electron chi connectivity index (χ0n) is 22.6. The molecule has 1 fully saturated rings. The summed E-state index contributed by atoms with van der Waals surface area (Å²) in [6.07, 6.45) is 5.09. The highest BCUT2D eigenvalue weighted by molar-refractivity contribution is 5.97. The molecular formula is C33H34FN3O3. The molecule has 1 saturated carbocycles. The number of amides is 2. The van der Waals surface area contributed by atoms with Crippen molar-refractivity contribution < 1.29 is 18.7 Å². The number of hydrogen-bond donors (Lipinski definition) is 2. The van der Waals surface area contributed by atoms with E-state index in [0.717, 1.165) is 48.9 Å². The predicted molar refractivity (Wildman–Crippen MR) is 153 cm³/mol. The third-order valence-corrected chi connectivity index (χ3v) is 7.45. The van der Waals surface area contributed by atoms with Gasteiger partial charge in [0.2, 0.25) is 5.91 Å². The van der Waals surface area contributed by atoms with Gasteiger partial charge in [-0.25, -0.2) is 4.39 Å². The fourth-order valence-corrected chi connectivity index (χ4v) is 5.35. The maximum Gasteiger partial charge on any atom is 0.271 e. The van der Waals surface area contributed by atoms with E-state index >= 15 is 0 Å². The van der Waals surface area contributed by atoms with Crippen LogP contribution in [0.4, 0.5) is 4.39 Å². The van der Waals surface area contributed by atoms with E-state index in [1.807, 2.05) is 60.7 Å². The first-order valence-corrected chi connectivity index (χ1v) is 13.8. The highest BCUT2D eigenvalue weighted by atomic mass is 19.1. The van der Waals surface area contributed by atoms with Crippen molar-refractivity contribution in [3.8, 4) is 17.0 Å². The average molecular weight is 540 g/mol. The molecule has 0 aliphatic heterocycles. The zero-order valence-corrected chi connectivity index (χ0v) is 22.6. The Labute approximate surface area is 234 Å². The molecule has 1 heterocycles. The second kappa shape index (κ2) is 12.6. The van der Waals surface area contributed by atoms with E-state index in [-0.39, 0.29) is 24.4 Å². The maximum atomic E-state index is 14.2. The Bertz CT molecular complexity index is 1430. The summed E-state index contributed by atoms with van der Waals surface area (Å²) in [5.74, 6) is -0.360. The van der Waals surface area contributed by atoms with Crippen molar-refractivity contribution in [1.82, 2.24) is 15.2 Å². The van der Waals surface area contributed by atoms with Gasteiger partial charge in [0.25, 0.3) is 5.91 Å². The van der Waals surface area contributed by atoms with Gasteiger partial charge >= 0.3 is 0 Å². The molecule has 3 aromatic carbocycles. The summed E-state index contributed by atoms with van der Waals surface area (Å²) in [5.41, 5.74) is 3.46. The molecule has 4 aromatic rings. The molecule has 40 heavy (non-hydrogen) atoms. The van der Waals surface area contributed by atoms with Crippen LogP contribution in [0.25, 0.3) is 11.3 Å². The Morgan fingerprint density at radius 2 is 1.70 bits per heavy atom. The number of halogens is 1. The van der Waals surface area contributed by atoms with Gasteiger partial charge in [-0.15, -0.1) is 0 Å². The predicted octanol–water partition coefficient (Wildman–Crippen LogP) is 6.66. The van der Waals surface area contributed by atoms with Crippen LogP contribution in [-0.4, -0.2) is 34.8 Å². The van der Waals surface area contributed by atoms with Gasteiger partial charge in [0, 0.05) is 18.3 Å². The van der Waals surface area contributed by atoms with Crippen molar-refractivity contribution in [2.75, 3.05) is 7.11 Å². The Morgan fingerprint density at radius 1 is 0.950 bits per heavy atom. The fourth-order valence-electron chi connectivity index (χ4n) is 5.35. The lowest BCUT2D eigenvalue weighted by Crippen LogP contribution is -2.47. The SMILES string of the molecule is COc1cccc(CN(C(=O)c2ccc(-c3ccccc3)[nH]2)[C@@H](C(=O)NC2CCCCC2)c2ccc(F)cc2)c1. The number of carbonyl (C=O) groups excluding carboxylic acids is 2. The van der Waals surface area contributed by atoms with Gasteiger partial charge in [0.05, 0.1) is 7.11 Å². The monoisotopic (exact) mass is 539 g/mol. The van der Waals surface area contributed by atoms with Gasteiger partial charge < -0.3 is 19.9 Å². The molecule has 206 valence electrons. The van der Waals surface area contributed by atoms with Crippen LogP contribution in [0.3, 0.4) is 0 Å². The summed E-state index contributed by atoms with van der Waals surface area (Å²) in [6, 6.07) is 25.7. The second-order valence-electron chi connectivity index (χ2n) is 10.2. The second-order valence-corrected chi connectivity index (χ2v) is 10.2. The molecule has 2 amide bonds. The zero-order chi connectivity index (χ0) is 27.9. The number of aromatic amines is 1. The van der Waals surface area contributed by atoms with Crippen LogP contribution < -0.4 is 10.1 Å². The molecule has 0 saturated heterocycles. The Balaban J connectivity index is 1.54. The van der Waals surface area contributed by atoms with Gasteiger partial charge in [-0.2, -0.15) is 0 Å². The van der Waals surface area contributed by atoms with Crippen LogP contribution in [0.5, 0.6) is 5.75 Å². The van der Waals surface area contributed by atoms with Crippen LogP contribution in [0.1, 0.15) is 59.8 Å². The third-order valence-electron chi connectivity index (χ3n) is 7.45. The van der Waals surface area contributed by atoms with E-state index in [2.05, 4.69) is 10.3 Å². The molecule has 5 rings (SSSR count). The van der Waals surface area contributed by atoms with E-state index in [1.54, 1.807) is 30.2 Å². The number of ether oxygens (including phenoxy) is 1. The number of H-pyrrole nitrogens is 1. The molecule has 0 radical (unpaired) electrons. The fraction of sp³-hybridized carbons (Fsp3) is 0.273. The summed E-state index contributed by atoms with van der Waals surface area (Å²) >= 11 is 0. The molecule has 0 spiro atoms. The molecule has 1 atom stereocenters. The molecule has 1 aliphatic rings. The summed E-state index contributed by atoms with van der Waals surface area (Å²) < 4.78 is 19.4. The van der Waals surface area contributed by atoms with Crippen molar-refractivity contribution in [3.63, 3.8) is 0 Å². The normalized spacial score (nSPS) is 14.3. The van der Waals surface area contributed by atoms with Gasteiger partial charge in [-0.3, -0.25) is 9.59 Å². The molecule has 6 nitrogen and oxygen atoms in total. The minimum Gasteiger partial charge on any atom is -0.497 e. The first-order valence-electron chi connectivity index (χ1n) is 13.8. The summed E-state index contributed by atoms with van der Waals surface area (Å²) in [4.78, 5) is 33.0. The van der Waals surface area contributed by atoms with Crippen molar-refractivity contribution in [2.45, 2.75) is 50.7 Å². The summed E-state index contributed by atoms with van der Waals surface area (Å²) in [7, 11) is 1.59. The van der Waals surface area contributed by atoms with E-state index in [0.29, 0.717) is 17.0 Å². The number of benzene rings is 3. The minimum atomic E-state index is -0.968. The molecule has 2 N–H and O–H groups in total. The molecule has 0 unspecified atom stereocenters. The molecule has 1 aliphatic carbocycles. The quantitative estimate of drug-likeness (QED) is 0.250. The van der Waals surface area contributed by atoms with Crippen molar-refractivity contribution >= 4 is 11.8 Å². The number of methoxy groups -OCH3 is 1. The number of nitrogens with zero attached hydrogens (tertiary/aromatic N) is 1. The largest absolute Gasteiger partial charge is 0.497 e. The van der Waals surface area contributed by atoms with E-state index in [4.69, 9.17) is 4.74 Å². The van der Waals surface area contributed by atoms with Crippen LogP contribution in [0, 0.1) is 5.82 Å². The highest BCUT2D eigenvalue weighted by Gasteiger charge is 2.34. The number of carbonyl (C=O) groups is 2. The standard InChI is InChI=1S/C33H34FN3O3/c1-40-28-14-8-9-23(21-28)22-37(33(39)30-20-19-29(36-30)24-10-4-2-5-11-24)31(25-15-17-26(34)18-16-25)32(38)35-27-12-6-3-7-13-27/h2,4-5,8-11,14-21,27,31,36H,3,6-7,12-13,22H2,1H3,(H,35,38)/t31-/m1/s1. The lowest BCUT2D eigenvalue weighted by Gasteiger charge is -2.33. The molecule has 1 aromatic heterocycles. The first-order chi connectivity index (χ1) is 19.5. The van der Waals surface area contributed by atoms with Gasteiger partial charge in [-0.05, 0) is 65.9 Å². The first kappa shape index (κ1) is 27.2. The van der Waals surface area contributed by atoms with Crippen LogP contribution >= 0.6 is 0 Å². The third kappa shape index (κ3) is 6.42. The molecule has 7 heteroatoms. The Hall–Kier alpha value is -4.39. The van der Waals surface area contributed by atoms with E-state index < -0.39 is 11.9 Å². The average Bonchev–Trinajstić information content (AvgIpc) is 3.49. The Kier molecular flexibility index (Phi) is 8.59. The van der Waals surface area contributed by atoms with Crippen LogP contribution in [0.15, 0.2) is 91.0 Å². The van der Waals surface area contributed by atoms with Gasteiger partial charge in [-0.1, -0.05) is 73.9 Å². The molecule has 0 bridgehead atoms. The van der Waals surface area contributed by atoms with Gasteiger partial charge in [0.1, 0.15) is 23.3 Å². The molecular weight excluding hydrogens is 505 g/mol. The number of rotatable bonds is 9. The van der Waals surface area contributed by atoms with Crippen molar-refractivity contribution in [2.24, 2.45) is 0 Å². The lowest BCUT2D eigenvalue weighted by atomic mass is 9.94. The van der Waals surface area contributed by atoms with Crippen molar-refractivity contribution in [3.05, 3.63) is 114 Å². The smallest absolute Gasteiger partial charge is 0.271 e. The summed E-state index contributed by atoms with van der Waals surface area (Å²) in [5, 5.41) is 3.20. The van der Waals surface area contributed by atoms with E-state index in [1.165, 1.54) is 12.1 Å². The van der Waals surface area contributed by atoms with Gasteiger partial charge in [0.15, 0.2) is 0 Å².